The molecule has 0 aliphatic carbocycles. The Balaban J connectivity index is 1.70. The van der Waals surface area contributed by atoms with Gasteiger partial charge < -0.3 is 9.88 Å². The number of aryl methyl sites for hydroxylation is 1. The van der Waals surface area contributed by atoms with E-state index in [0.29, 0.717) is 0 Å². The van der Waals surface area contributed by atoms with Crippen molar-refractivity contribution in [3.63, 3.8) is 0 Å². The van der Waals surface area contributed by atoms with Crippen molar-refractivity contribution in [1.29, 1.82) is 0 Å². The van der Waals surface area contributed by atoms with E-state index in [9.17, 15) is 4.79 Å². The van der Waals surface area contributed by atoms with Crippen LogP contribution in [0.2, 0.25) is 0 Å². The average molecular weight is 322 g/mol. The first kappa shape index (κ1) is 13.8. The van der Waals surface area contributed by atoms with Crippen molar-refractivity contribution < 1.29 is 0 Å². The van der Waals surface area contributed by atoms with Gasteiger partial charge in [0.05, 0.1) is 11.9 Å². The number of halogens is 1. The van der Waals surface area contributed by atoms with Gasteiger partial charge in [0.2, 0.25) is 5.56 Å². The van der Waals surface area contributed by atoms with Gasteiger partial charge >= 0.3 is 0 Å². The summed E-state index contributed by atoms with van der Waals surface area (Å²) in [5, 5.41) is 3.31. The van der Waals surface area contributed by atoms with Crippen LogP contribution in [0.25, 0.3) is 0 Å². The van der Waals surface area contributed by atoms with Crippen molar-refractivity contribution in [3.8, 4) is 0 Å². The molecule has 0 saturated carbocycles. The number of hydrogen-bond acceptors (Lipinski definition) is 3. The largest absolute Gasteiger partial charge is 0.384 e. The summed E-state index contributed by atoms with van der Waals surface area (Å²) < 4.78 is 2.70. The number of pyridine rings is 2. The zero-order valence-corrected chi connectivity index (χ0v) is 12.1. The summed E-state index contributed by atoms with van der Waals surface area (Å²) in [7, 11) is 0. The molecule has 2 aromatic heterocycles. The molecule has 0 radical (unpaired) electrons. The topological polar surface area (TPSA) is 46.9 Å². The SMILES string of the molecule is O=c1ccccn1CCCCNc1cncc(Br)c1. The average Bonchev–Trinajstić information content (AvgIpc) is 2.40. The van der Waals surface area contributed by atoms with Crippen LogP contribution >= 0.6 is 15.9 Å². The second-order valence-electron chi connectivity index (χ2n) is 4.26. The van der Waals surface area contributed by atoms with Gasteiger partial charge in [-0.25, -0.2) is 0 Å². The first-order valence-corrected chi connectivity index (χ1v) is 7.05. The van der Waals surface area contributed by atoms with Crippen molar-refractivity contribution in [2.45, 2.75) is 19.4 Å². The third-order valence-corrected chi connectivity index (χ3v) is 3.19. The highest BCUT2D eigenvalue weighted by molar-refractivity contribution is 9.10. The van der Waals surface area contributed by atoms with E-state index in [2.05, 4.69) is 26.2 Å². The Hall–Kier alpha value is -1.62. The van der Waals surface area contributed by atoms with E-state index >= 15 is 0 Å². The van der Waals surface area contributed by atoms with E-state index in [1.807, 2.05) is 18.3 Å². The third kappa shape index (κ3) is 4.52. The van der Waals surface area contributed by atoms with Gasteiger partial charge in [0, 0.05) is 36.0 Å². The number of nitrogens with zero attached hydrogens (tertiary/aromatic N) is 2. The number of unbranched alkanes of at least 4 members (excludes halogenated alkanes) is 1. The molecule has 0 unspecified atom stereocenters. The van der Waals surface area contributed by atoms with Gasteiger partial charge in [0.15, 0.2) is 0 Å². The van der Waals surface area contributed by atoms with Crippen LogP contribution in [-0.2, 0) is 6.54 Å². The lowest BCUT2D eigenvalue weighted by molar-refractivity contribution is 0.604. The predicted molar refractivity (Wildman–Crippen MR) is 80.4 cm³/mol. The zero-order chi connectivity index (χ0) is 13.5. The molecule has 2 rings (SSSR count). The standard InChI is InChI=1S/C14H16BrN3O/c15-12-9-13(11-16-10-12)17-6-2-4-8-18-7-3-1-5-14(18)19/h1,3,5,7,9-11,17H,2,4,6,8H2. The highest BCUT2D eigenvalue weighted by Crippen LogP contribution is 2.13. The zero-order valence-electron chi connectivity index (χ0n) is 10.6. The number of hydrogen-bond donors (Lipinski definition) is 1. The molecule has 0 atom stereocenters. The molecule has 1 N–H and O–H groups in total. The predicted octanol–water partition coefficient (Wildman–Crippen LogP) is 2.90. The molecular formula is C14H16BrN3O. The molecule has 0 spiro atoms. The molecule has 0 aliphatic rings. The van der Waals surface area contributed by atoms with E-state index in [1.165, 1.54) is 0 Å². The number of rotatable bonds is 6. The van der Waals surface area contributed by atoms with Crippen molar-refractivity contribution in [3.05, 3.63) is 57.7 Å². The van der Waals surface area contributed by atoms with Crippen molar-refractivity contribution in [2.24, 2.45) is 0 Å². The molecule has 0 bridgehead atoms. The van der Waals surface area contributed by atoms with Gasteiger partial charge in [-0.15, -0.1) is 0 Å². The van der Waals surface area contributed by atoms with E-state index in [-0.39, 0.29) is 5.56 Å². The van der Waals surface area contributed by atoms with Crippen LogP contribution in [0.1, 0.15) is 12.8 Å². The fourth-order valence-corrected chi connectivity index (χ4v) is 2.16. The van der Waals surface area contributed by atoms with Crippen molar-refractivity contribution >= 4 is 21.6 Å². The molecule has 19 heavy (non-hydrogen) atoms. The molecule has 5 heteroatoms. The van der Waals surface area contributed by atoms with Crippen LogP contribution in [0.5, 0.6) is 0 Å². The maximum Gasteiger partial charge on any atom is 0.250 e. The summed E-state index contributed by atoms with van der Waals surface area (Å²) in [6, 6.07) is 7.23. The smallest absolute Gasteiger partial charge is 0.250 e. The van der Waals surface area contributed by atoms with Gasteiger partial charge in [-0.05, 0) is 40.9 Å². The van der Waals surface area contributed by atoms with Crippen LogP contribution in [0.3, 0.4) is 0 Å². The summed E-state index contributed by atoms with van der Waals surface area (Å²) in [5.74, 6) is 0. The molecule has 2 aromatic rings. The maximum atomic E-state index is 11.5. The Kier molecular flexibility index (Phi) is 5.15. The Morgan fingerprint density at radius 2 is 2.16 bits per heavy atom. The minimum absolute atomic E-state index is 0.0617. The highest BCUT2D eigenvalue weighted by atomic mass is 79.9. The highest BCUT2D eigenvalue weighted by Gasteiger charge is 1.96. The van der Waals surface area contributed by atoms with E-state index in [4.69, 9.17) is 0 Å². The normalized spacial score (nSPS) is 10.4. The van der Waals surface area contributed by atoms with Gasteiger partial charge in [0.1, 0.15) is 0 Å². The van der Waals surface area contributed by atoms with Crippen LogP contribution in [0.15, 0.2) is 52.1 Å². The van der Waals surface area contributed by atoms with Crippen LogP contribution in [-0.4, -0.2) is 16.1 Å². The minimum Gasteiger partial charge on any atom is -0.384 e. The summed E-state index contributed by atoms with van der Waals surface area (Å²) in [6.07, 6.45) is 7.36. The van der Waals surface area contributed by atoms with Crippen LogP contribution in [0.4, 0.5) is 5.69 Å². The number of nitrogens with one attached hydrogen (secondary N) is 1. The first-order chi connectivity index (χ1) is 9.25. The molecule has 0 aliphatic heterocycles. The molecule has 4 nitrogen and oxygen atoms in total. The van der Waals surface area contributed by atoms with E-state index in [0.717, 1.165) is 36.1 Å². The van der Waals surface area contributed by atoms with Crippen LogP contribution < -0.4 is 10.9 Å². The molecule has 100 valence electrons. The number of anilines is 1. The van der Waals surface area contributed by atoms with Gasteiger partial charge in [-0.1, -0.05) is 6.07 Å². The first-order valence-electron chi connectivity index (χ1n) is 6.25. The van der Waals surface area contributed by atoms with E-state index in [1.54, 1.807) is 29.1 Å². The minimum atomic E-state index is 0.0617. The van der Waals surface area contributed by atoms with E-state index < -0.39 is 0 Å². The summed E-state index contributed by atoms with van der Waals surface area (Å²) in [6.45, 7) is 1.64. The Morgan fingerprint density at radius 1 is 1.26 bits per heavy atom. The lowest BCUT2D eigenvalue weighted by Crippen LogP contribution is -2.18. The Morgan fingerprint density at radius 3 is 2.95 bits per heavy atom. The second-order valence-corrected chi connectivity index (χ2v) is 5.17. The van der Waals surface area contributed by atoms with Crippen molar-refractivity contribution in [1.82, 2.24) is 9.55 Å². The van der Waals surface area contributed by atoms with Gasteiger partial charge in [-0.3, -0.25) is 9.78 Å². The fraction of sp³-hybridized carbons (Fsp3) is 0.286. The van der Waals surface area contributed by atoms with Gasteiger partial charge in [0.25, 0.3) is 0 Å². The summed E-state index contributed by atoms with van der Waals surface area (Å²) in [4.78, 5) is 15.6. The quantitative estimate of drug-likeness (QED) is 0.832. The molecule has 0 amide bonds. The second kappa shape index (κ2) is 7.09. The monoisotopic (exact) mass is 321 g/mol. The molecule has 0 fully saturated rings. The number of aromatic nitrogens is 2. The lowest BCUT2D eigenvalue weighted by atomic mass is 10.3. The maximum absolute atomic E-state index is 11.5. The summed E-state index contributed by atoms with van der Waals surface area (Å²) >= 11 is 3.38. The molecule has 2 heterocycles. The molecule has 0 saturated heterocycles. The summed E-state index contributed by atoms with van der Waals surface area (Å²) in [5.41, 5.74) is 1.07. The Labute approximate surface area is 120 Å². The lowest BCUT2D eigenvalue weighted by Gasteiger charge is -2.07. The van der Waals surface area contributed by atoms with Gasteiger partial charge in [-0.2, -0.15) is 0 Å². The molecular weight excluding hydrogens is 306 g/mol. The van der Waals surface area contributed by atoms with Crippen molar-refractivity contribution in [2.75, 3.05) is 11.9 Å². The fourth-order valence-electron chi connectivity index (χ4n) is 1.79. The molecule has 0 aromatic carbocycles. The van der Waals surface area contributed by atoms with Crippen LogP contribution in [0, 0.1) is 0 Å². The Bertz CT molecular complexity index is 583. The third-order valence-electron chi connectivity index (χ3n) is 2.76.